The lowest BCUT2D eigenvalue weighted by molar-refractivity contribution is 0.0939. The van der Waals surface area contributed by atoms with Crippen molar-refractivity contribution in [2.75, 3.05) is 0 Å². The van der Waals surface area contributed by atoms with Gasteiger partial charge < -0.3 is 5.32 Å². The fourth-order valence-electron chi connectivity index (χ4n) is 2.07. The molecule has 1 unspecified atom stereocenters. The zero-order valence-electron chi connectivity index (χ0n) is 12.0. The van der Waals surface area contributed by atoms with E-state index in [9.17, 15) is 4.79 Å². The van der Waals surface area contributed by atoms with Gasteiger partial charge in [0.15, 0.2) is 0 Å². The molecule has 0 aliphatic rings. The Morgan fingerprint density at radius 2 is 1.81 bits per heavy atom. The van der Waals surface area contributed by atoms with E-state index in [1.54, 1.807) is 0 Å². The number of benzene rings is 2. The van der Waals surface area contributed by atoms with Crippen LogP contribution in [0.15, 0.2) is 51.4 Å². The molecule has 0 saturated heterocycles. The molecule has 0 fully saturated rings. The Morgan fingerprint density at radius 3 is 2.43 bits per heavy atom. The van der Waals surface area contributed by atoms with Gasteiger partial charge in [-0.2, -0.15) is 0 Å². The van der Waals surface area contributed by atoms with Gasteiger partial charge in [-0.1, -0.05) is 47.1 Å². The molecule has 1 amide bonds. The van der Waals surface area contributed by atoms with Crippen LogP contribution >= 0.6 is 31.9 Å². The van der Waals surface area contributed by atoms with Crippen molar-refractivity contribution in [1.29, 1.82) is 0 Å². The molecule has 21 heavy (non-hydrogen) atoms. The number of nitrogens with one attached hydrogen (secondary N) is 1. The second-order valence-corrected chi connectivity index (χ2v) is 6.68. The van der Waals surface area contributed by atoms with Gasteiger partial charge in [-0.15, -0.1) is 0 Å². The maximum absolute atomic E-state index is 12.4. The zero-order chi connectivity index (χ0) is 15.4. The number of hydrogen-bond acceptors (Lipinski definition) is 1. The monoisotopic (exact) mass is 409 g/mol. The number of amides is 1. The summed E-state index contributed by atoms with van der Waals surface area (Å²) in [4.78, 5) is 12.4. The molecule has 0 aliphatic carbocycles. The van der Waals surface area contributed by atoms with Crippen LogP contribution < -0.4 is 5.32 Å². The van der Waals surface area contributed by atoms with E-state index in [-0.39, 0.29) is 11.9 Å². The normalized spacial score (nSPS) is 12.0. The van der Waals surface area contributed by atoms with Gasteiger partial charge in [0.25, 0.3) is 5.91 Å². The van der Waals surface area contributed by atoms with E-state index in [2.05, 4.69) is 68.4 Å². The molecule has 0 aliphatic heterocycles. The minimum absolute atomic E-state index is 0.0331. The third-order valence-corrected chi connectivity index (χ3v) is 4.59. The van der Waals surface area contributed by atoms with Crippen LogP contribution in [-0.4, -0.2) is 5.91 Å². The van der Waals surface area contributed by atoms with Crippen LogP contribution in [0, 0.1) is 0 Å². The second-order valence-electron chi connectivity index (χ2n) is 4.91. The molecular weight excluding hydrogens is 394 g/mol. The molecule has 0 spiro atoms. The van der Waals surface area contributed by atoms with Gasteiger partial charge >= 0.3 is 0 Å². The lowest BCUT2D eigenvalue weighted by atomic mass is 10.0. The Bertz CT molecular complexity index is 638. The van der Waals surface area contributed by atoms with Gasteiger partial charge in [0.2, 0.25) is 0 Å². The summed E-state index contributed by atoms with van der Waals surface area (Å²) < 4.78 is 1.67. The molecule has 1 atom stereocenters. The van der Waals surface area contributed by atoms with E-state index in [4.69, 9.17) is 0 Å². The molecule has 2 aromatic rings. The van der Waals surface area contributed by atoms with Crippen molar-refractivity contribution in [2.24, 2.45) is 0 Å². The van der Waals surface area contributed by atoms with Crippen molar-refractivity contribution in [3.8, 4) is 0 Å². The predicted molar refractivity (Wildman–Crippen MR) is 93.5 cm³/mol. The van der Waals surface area contributed by atoms with E-state index in [1.807, 2.05) is 25.1 Å². The minimum Gasteiger partial charge on any atom is -0.345 e. The Balaban J connectivity index is 2.12. The molecule has 0 saturated carbocycles. The van der Waals surface area contributed by atoms with Crippen LogP contribution in [0.5, 0.6) is 0 Å². The van der Waals surface area contributed by atoms with Crippen molar-refractivity contribution in [3.05, 3.63) is 68.1 Å². The first kappa shape index (κ1) is 16.2. The average molecular weight is 411 g/mol. The van der Waals surface area contributed by atoms with E-state index in [0.29, 0.717) is 5.56 Å². The van der Waals surface area contributed by atoms with E-state index in [1.165, 1.54) is 5.56 Å². The highest BCUT2D eigenvalue weighted by atomic mass is 79.9. The van der Waals surface area contributed by atoms with Crippen LogP contribution in [-0.2, 0) is 6.42 Å². The predicted octanol–water partition coefficient (Wildman–Crippen LogP) is 5.27. The van der Waals surface area contributed by atoms with E-state index < -0.39 is 0 Å². The molecule has 2 rings (SSSR count). The Labute approximate surface area is 142 Å². The van der Waals surface area contributed by atoms with Crippen LogP contribution in [0.3, 0.4) is 0 Å². The SMILES string of the molecule is CCc1ccc(C(C)NC(=O)c2cc(Br)ccc2Br)cc1. The fraction of sp³-hybridized carbons (Fsp3) is 0.235. The highest BCUT2D eigenvalue weighted by Crippen LogP contribution is 2.22. The van der Waals surface area contributed by atoms with Gasteiger partial charge in [0.05, 0.1) is 11.6 Å². The van der Waals surface area contributed by atoms with Crippen molar-refractivity contribution in [2.45, 2.75) is 26.3 Å². The van der Waals surface area contributed by atoms with Crippen LogP contribution in [0.25, 0.3) is 0 Å². The van der Waals surface area contributed by atoms with E-state index in [0.717, 1.165) is 20.9 Å². The van der Waals surface area contributed by atoms with Gasteiger partial charge in [0, 0.05) is 8.95 Å². The Morgan fingerprint density at radius 1 is 1.14 bits per heavy atom. The van der Waals surface area contributed by atoms with Gasteiger partial charge in [0.1, 0.15) is 0 Å². The first-order valence-corrected chi connectivity index (χ1v) is 8.44. The molecule has 0 bridgehead atoms. The molecular formula is C17H17Br2NO. The lowest BCUT2D eigenvalue weighted by Gasteiger charge is -2.15. The molecule has 1 N–H and O–H groups in total. The highest BCUT2D eigenvalue weighted by molar-refractivity contribution is 9.11. The largest absolute Gasteiger partial charge is 0.345 e. The first-order chi connectivity index (χ1) is 10.0. The van der Waals surface area contributed by atoms with Gasteiger partial charge in [-0.25, -0.2) is 0 Å². The van der Waals surface area contributed by atoms with Crippen LogP contribution in [0.2, 0.25) is 0 Å². The van der Waals surface area contributed by atoms with Crippen LogP contribution in [0.4, 0.5) is 0 Å². The molecule has 110 valence electrons. The topological polar surface area (TPSA) is 29.1 Å². The molecule has 4 heteroatoms. The number of hydrogen-bond donors (Lipinski definition) is 1. The summed E-state index contributed by atoms with van der Waals surface area (Å²) >= 11 is 6.81. The summed E-state index contributed by atoms with van der Waals surface area (Å²) in [7, 11) is 0. The molecule has 0 radical (unpaired) electrons. The Hall–Kier alpha value is -1.13. The summed E-state index contributed by atoms with van der Waals surface area (Å²) in [5.74, 6) is -0.0877. The van der Waals surface area contributed by atoms with Gasteiger partial charge in [-0.3, -0.25) is 4.79 Å². The van der Waals surface area contributed by atoms with Crippen molar-refractivity contribution >= 4 is 37.8 Å². The highest BCUT2D eigenvalue weighted by Gasteiger charge is 2.14. The maximum atomic E-state index is 12.4. The maximum Gasteiger partial charge on any atom is 0.252 e. The average Bonchev–Trinajstić information content (AvgIpc) is 2.49. The number of carbonyl (C=O) groups is 1. The summed E-state index contributed by atoms with van der Waals surface area (Å²) in [5.41, 5.74) is 3.03. The zero-order valence-corrected chi connectivity index (χ0v) is 15.2. The quantitative estimate of drug-likeness (QED) is 0.731. The molecule has 0 heterocycles. The minimum atomic E-state index is -0.0877. The third kappa shape index (κ3) is 4.17. The van der Waals surface area contributed by atoms with Crippen molar-refractivity contribution < 1.29 is 4.79 Å². The summed E-state index contributed by atoms with van der Waals surface area (Å²) in [6.07, 6.45) is 1.02. The summed E-state index contributed by atoms with van der Waals surface area (Å²) in [6, 6.07) is 13.9. The Kier molecular flexibility index (Phi) is 5.59. The molecule has 0 aromatic heterocycles. The number of aryl methyl sites for hydroxylation is 1. The van der Waals surface area contributed by atoms with Crippen LogP contribution in [0.1, 0.15) is 41.4 Å². The van der Waals surface area contributed by atoms with Gasteiger partial charge in [-0.05, 0) is 58.6 Å². The number of halogens is 2. The fourth-order valence-corrected chi connectivity index (χ4v) is 2.86. The van der Waals surface area contributed by atoms with Crippen molar-refractivity contribution in [3.63, 3.8) is 0 Å². The van der Waals surface area contributed by atoms with Crippen molar-refractivity contribution in [1.82, 2.24) is 5.32 Å². The number of carbonyl (C=O) groups excluding carboxylic acids is 1. The van der Waals surface area contributed by atoms with E-state index >= 15 is 0 Å². The lowest BCUT2D eigenvalue weighted by Crippen LogP contribution is -2.27. The number of rotatable bonds is 4. The first-order valence-electron chi connectivity index (χ1n) is 6.86. The molecule has 2 aromatic carbocycles. The third-order valence-electron chi connectivity index (χ3n) is 3.41. The summed E-state index contributed by atoms with van der Waals surface area (Å²) in [6.45, 7) is 4.12. The smallest absolute Gasteiger partial charge is 0.252 e. The summed E-state index contributed by atoms with van der Waals surface area (Å²) in [5, 5.41) is 3.03. The standard InChI is InChI=1S/C17H17Br2NO/c1-3-12-4-6-13(7-5-12)11(2)20-17(21)15-10-14(18)8-9-16(15)19/h4-11H,3H2,1-2H3,(H,20,21). The second kappa shape index (κ2) is 7.23. The molecule has 2 nitrogen and oxygen atoms in total.